The van der Waals surface area contributed by atoms with Crippen molar-refractivity contribution >= 4 is 23.5 Å². The smallest absolute Gasteiger partial charge is 0.475 e. The number of pyridine rings is 1. The minimum absolute atomic E-state index is 0.103. The van der Waals surface area contributed by atoms with Crippen LogP contribution in [0.1, 0.15) is 25.7 Å². The molecule has 11 heteroatoms. The maximum Gasteiger partial charge on any atom is 0.490 e. The highest BCUT2D eigenvalue weighted by Gasteiger charge is 2.49. The van der Waals surface area contributed by atoms with Crippen LogP contribution in [-0.2, 0) is 19.1 Å². The van der Waals surface area contributed by atoms with E-state index < -0.39 is 12.1 Å². The van der Waals surface area contributed by atoms with Gasteiger partial charge in [-0.3, -0.25) is 14.6 Å². The van der Waals surface area contributed by atoms with E-state index in [1.54, 1.807) is 12.4 Å². The first-order chi connectivity index (χ1) is 14.1. The van der Waals surface area contributed by atoms with Gasteiger partial charge in [-0.2, -0.15) is 13.2 Å². The molecule has 1 unspecified atom stereocenters. The number of carbonyl (C=O) groups is 3. The average Bonchev–Trinajstić information content (AvgIpc) is 3.43. The minimum Gasteiger partial charge on any atom is -0.475 e. The molecule has 30 heavy (non-hydrogen) atoms. The third-order valence-electron chi connectivity index (χ3n) is 5.48. The quantitative estimate of drug-likeness (QED) is 0.770. The fourth-order valence-electron chi connectivity index (χ4n) is 4.02. The molecule has 1 spiro atoms. The van der Waals surface area contributed by atoms with Crippen LogP contribution in [0.4, 0.5) is 18.9 Å². The summed E-state index contributed by atoms with van der Waals surface area (Å²) in [5.41, 5.74) is 0.736. The van der Waals surface area contributed by atoms with Crippen molar-refractivity contribution in [2.75, 3.05) is 31.1 Å². The number of alkyl halides is 3. The molecule has 0 bridgehead atoms. The second-order valence-electron chi connectivity index (χ2n) is 7.68. The first kappa shape index (κ1) is 22.0. The van der Waals surface area contributed by atoms with Gasteiger partial charge in [0.1, 0.15) is 6.10 Å². The van der Waals surface area contributed by atoms with E-state index in [0.29, 0.717) is 26.1 Å². The number of anilines is 1. The Hall–Kier alpha value is -2.69. The van der Waals surface area contributed by atoms with Crippen LogP contribution in [0.5, 0.6) is 0 Å². The van der Waals surface area contributed by atoms with Gasteiger partial charge in [0.2, 0.25) is 5.91 Å². The van der Waals surface area contributed by atoms with Crippen molar-refractivity contribution in [2.24, 2.45) is 5.41 Å². The van der Waals surface area contributed by atoms with E-state index in [9.17, 15) is 22.8 Å². The van der Waals surface area contributed by atoms with Crippen molar-refractivity contribution in [1.29, 1.82) is 0 Å². The molecule has 0 radical (unpaired) electrons. The number of carboxylic acid groups (broad SMARTS) is 1. The normalized spacial score (nSPS) is 26.1. The summed E-state index contributed by atoms with van der Waals surface area (Å²) < 4.78 is 37.2. The van der Waals surface area contributed by atoms with Crippen LogP contribution in [0.25, 0.3) is 0 Å². The molecule has 4 rings (SSSR count). The number of aliphatic carboxylic acids is 1. The number of carbonyl (C=O) groups excluding carboxylic acids is 2. The van der Waals surface area contributed by atoms with Gasteiger partial charge in [-0.05, 0) is 31.4 Å². The van der Waals surface area contributed by atoms with Gasteiger partial charge in [0.15, 0.2) is 0 Å². The molecule has 3 aliphatic heterocycles. The Balaban J connectivity index is 0.000000318. The van der Waals surface area contributed by atoms with Crippen molar-refractivity contribution < 1.29 is 37.4 Å². The van der Waals surface area contributed by atoms with E-state index in [1.807, 2.05) is 21.9 Å². The predicted molar refractivity (Wildman–Crippen MR) is 97.5 cm³/mol. The van der Waals surface area contributed by atoms with Gasteiger partial charge < -0.3 is 19.6 Å². The lowest BCUT2D eigenvalue weighted by Gasteiger charge is -2.25. The molecule has 3 saturated heterocycles. The van der Waals surface area contributed by atoms with Gasteiger partial charge in [-0.1, -0.05) is 0 Å². The molecule has 0 aliphatic carbocycles. The topological polar surface area (TPSA) is 100 Å². The molecular formula is C19H22F3N3O5. The van der Waals surface area contributed by atoms with Gasteiger partial charge in [-0.25, -0.2) is 4.79 Å². The van der Waals surface area contributed by atoms with Crippen LogP contribution in [0.3, 0.4) is 0 Å². The molecule has 1 N–H and O–H groups in total. The Morgan fingerprint density at radius 1 is 1.30 bits per heavy atom. The van der Waals surface area contributed by atoms with E-state index in [4.69, 9.17) is 14.6 Å². The maximum atomic E-state index is 12.5. The second-order valence-corrected chi connectivity index (χ2v) is 7.68. The number of rotatable bonds is 2. The Morgan fingerprint density at radius 2 is 2.03 bits per heavy atom. The van der Waals surface area contributed by atoms with Crippen molar-refractivity contribution in [3.8, 4) is 0 Å². The summed E-state index contributed by atoms with van der Waals surface area (Å²) in [4.78, 5) is 41.7. The number of carboxylic acids is 1. The largest absolute Gasteiger partial charge is 0.490 e. The summed E-state index contributed by atoms with van der Waals surface area (Å²) >= 11 is 0. The van der Waals surface area contributed by atoms with Gasteiger partial charge in [-0.15, -0.1) is 0 Å². The lowest BCUT2D eigenvalue weighted by atomic mass is 9.86. The van der Waals surface area contributed by atoms with Crippen molar-refractivity contribution in [1.82, 2.24) is 9.88 Å². The van der Waals surface area contributed by atoms with Crippen LogP contribution in [-0.4, -0.2) is 71.3 Å². The number of hydrogen-bond donors (Lipinski definition) is 1. The first-order valence-electron chi connectivity index (χ1n) is 9.52. The number of likely N-dealkylation sites (tertiary alicyclic amines) is 1. The Labute approximate surface area is 170 Å². The Kier molecular flexibility index (Phi) is 6.30. The maximum absolute atomic E-state index is 12.5. The minimum atomic E-state index is -5.08. The number of halogens is 3. The predicted octanol–water partition coefficient (Wildman–Crippen LogP) is 1.85. The molecule has 2 amide bonds. The SMILES string of the molecule is O=C(O)C(F)(F)F.O=C([C@H]1CCCO1)N1CCC2(CC(=O)N(c3cccnc3)C2)C1. The summed E-state index contributed by atoms with van der Waals surface area (Å²) in [6, 6.07) is 3.75. The third kappa shape index (κ3) is 4.89. The summed E-state index contributed by atoms with van der Waals surface area (Å²) in [5, 5.41) is 7.12. The zero-order chi connectivity index (χ0) is 21.9. The first-order valence-corrected chi connectivity index (χ1v) is 9.52. The number of hydrogen-bond acceptors (Lipinski definition) is 5. The lowest BCUT2D eigenvalue weighted by molar-refractivity contribution is -0.192. The molecule has 8 nitrogen and oxygen atoms in total. The zero-order valence-corrected chi connectivity index (χ0v) is 16.1. The molecule has 2 atom stereocenters. The van der Waals surface area contributed by atoms with Crippen LogP contribution in [0.2, 0.25) is 0 Å². The molecule has 3 fully saturated rings. The number of ether oxygens (including phenoxy) is 1. The average molecular weight is 429 g/mol. The van der Waals surface area contributed by atoms with Crippen LogP contribution >= 0.6 is 0 Å². The second kappa shape index (κ2) is 8.58. The van der Waals surface area contributed by atoms with Crippen molar-refractivity contribution in [3.63, 3.8) is 0 Å². The Morgan fingerprint density at radius 3 is 2.60 bits per heavy atom. The summed E-state index contributed by atoms with van der Waals surface area (Å²) in [6.07, 6.45) is 1.26. The van der Waals surface area contributed by atoms with Gasteiger partial charge in [0.05, 0.1) is 11.9 Å². The van der Waals surface area contributed by atoms with Crippen LogP contribution in [0.15, 0.2) is 24.5 Å². The summed E-state index contributed by atoms with van der Waals surface area (Å²) in [6.45, 7) is 2.75. The molecule has 0 aromatic carbocycles. The number of nitrogens with zero attached hydrogens (tertiary/aromatic N) is 3. The molecular weight excluding hydrogens is 407 g/mol. The zero-order valence-electron chi connectivity index (χ0n) is 16.1. The molecule has 4 heterocycles. The summed E-state index contributed by atoms with van der Waals surface area (Å²) in [5.74, 6) is -2.52. The van der Waals surface area contributed by atoms with Gasteiger partial charge >= 0.3 is 12.1 Å². The Bertz CT molecular complexity index is 798. The van der Waals surface area contributed by atoms with E-state index in [1.165, 1.54) is 0 Å². The molecule has 164 valence electrons. The fourth-order valence-corrected chi connectivity index (χ4v) is 4.02. The van der Waals surface area contributed by atoms with E-state index >= 15 is 0 Å². The highest BCUT2D eigenvalue weighted by Crippen LogP contribution is 2.42. The van der Waals surface area contributed by atoms with E-state index in [2.05, 4.69) is 4.98 Å². The van der Waals surface area contributed by atoms with Gasteiger partial charge in [0, 0.05) is 44.3 Å². The lowest BCUT2D eigenvalue weighted by Crippen LogP contribution is -2.39. The van der Waals surface area contributed by atoms with E-state index in [-0.39, 0.29) is 23.3 Å². The third-order valence-corrected chi connectivity index (χ3v) is 5.48. The molecule has 0 saturated carbocycles. The van der Waals surface area contributed by atoms with Crippen LogP contribution < -0.4 is 4.90 Å². The van der Waals surface area contributed by atoms with Crippen LogP contribution in [0, 0.1) is 5.41 Å². The van der Waals surface area contributed by atoms with E-state index in [0.717, 1.165) is 31.5 Å². The highest BCUT2D eigenvalue weighted by atomic mass is 19.4. The number of amides is 2. The number of aromatic nitrogens is 1. The fraction of sp³-hybridized carbons (Fsp3) is 0.579. The monoisotopic (exact) mass is 429 g/mol. The van der Waals surface area contributed by atoms with Crippen molar-refractivity contribution in [2.45, 2.75) is 38.0 Å². The molecule has 1 aromatic rings. The van der Waals surface area contributed by atoms with Gasteiger partial charge in [0.25, 0.3) is 5.91 Å². The highest BCUT2D eigenvalue weighted by molar-refractivity contribution is 5.96. The molecule has 1 aromatic heterocycles. The van der Waals surface area contributed by atoms with Crippen molar-refractivity contribution in [3.05, 3.63) is 24.5 Å². The summed E-state index contributed by atoms with van der Waals surface area (Å²) in [7, 11) is 0. The standard InChI is InChI=1S/C17H21N3O3.C2HF3O2/c21-15-9-17(12-20(15)13-3-1-6-18-10-13)5-7-19(11-17)16(22)14-4-2-8-23-14;3-2(4,5)1(6)7/h1,3,6,10,14H,2,4-5,7-9,11-12H2;(H,6,7)/t14-,17?;/m1./s1. The molecule has 3 aliphatic rings.